The van der Waals surface area contributed by atoms with Crippen molar-refractivity contribution < 1.29 is 0 Å². The van der Waals surface area contributed by atoms with Crippen LogP contribution in [0.15, 0.2) is 0 Å². The monoisotopic (exact) mass is 240 g/mol. The van der Waals surface area contributed by atoms with Crippen LogP contribution in [0.2, 0.25) is 0 Å². The average Bonchev–Trinajstić information content (AvgIpc) is 2.25. The zero-order chi connectivity index (χ0) is 13.1. The van der Waals surface area contributed by atoms with Crippen LogP contribution in [-0.2, 0) is 0 Å². The SMILES string of the molecule is CCCCCCCCCCCC(C)C(C)(C)C. The van der Waals surface area contributed by atoms with Gasteiger partial charge in [0.15, 0.2) is 0 Å². The van der Waals surface area contributed by atoms with E-state index in [1.807, 2.05) is 0 Å². The second-order valence-electron chi connectivity index (χ2n) is 6.88. The molecule has 0 aromatic heterocycles. The minimum absolute atomic E-state index is 0.500. The molecule has 0 aromatic carbocycles. The Hall–Kier alpha value is 0. The van der Waals surface area contributed by atoms with Gasteiger partial charge in [-0.15, -0.1) is 0 Å². The van der Waals surface area contributed by atoms with Crippen molar-refractivity contribution in [3.8, 4) is 0 Å². The van der Waals surface area contributed by atoms with Gasteiger partial charge in [0.25, 0.3) is 0 Å². The molecule has 17 heavy (non-hydrogen) atoms. The predicted octanol–water partition coefficient (Wildman–Crippen LogP) is 6.59. The zero-order valence-corrected chi connectivity index (χ0v) is 13.1. The first kappa shape index (κ1) is 17.0. The van der Waals surface area contributed by atoms with Crippen molar-refractivity contribution in [3.05, 3.63) is 0 Å². The summed E-state index contributed by atoms with van der Waals surface area (Å²) in [6, 6.07) is 0. The lowest BCUT2D eigenvalue weighted by Gasteiger charge is -2.27. The molecule has 0 nitrogen and oxygen atoms in total. The highest BCUT2D eigenvalue weighted by Crippen LogP contribution is 2.29. The van der Waals surface area contributed by atoms with Crippen LogP contribution < -0.4 is 0 Å². The molecule has 0 radical (unpaired) electrons. The smallest absolute Gasteiger partial charge is 0.0357 e. The van der Waals surface area contributed by atoms with E-state index in [0.717, 1.165) is 5.92 Å². The van der Waals surface area contributed by atoms with Gasteiger partial charge in [0.1, 0.15) is 0 Å². The van der Waals surface area contributed by atoms with Crippen LogP contribution >= 0.6 is 0 Å². The molecule has 1 atom stereocenters. The standard InChI is InChI=1S/C17H36/c1-6-7-8-9-10-11-12-13-14-15-16(2)17(3,4)5/h16H,6-15H2,1-5H3. The Morgan fingerprint density at radius 3 is 1.53 bits per heavy atom. The van der Waals surface area contributed by atoms with Gasteiger partial charge in [-0.1, -0.05) is 98.8 Å². The minimum atomic E-state index is 0.500. The molecule has 0 heterocycles. The molecule has 0 aliphatic carbocycles. The Bertz CT molecular complexity index is 152. The molecule has 0 fully saturated rings. The van der Waals surface area contributed by atoms with Crippen LogP contribution in [0.4, 0.5) is 0 Å². The maximum Gasteiger partial charge on any atom is -0.0357 e. The molecule has 0 aliphatic heterocycles. The first-order valence-electron chi connectivity index (χ1n) is 7.98. The highest BCUT2D eigenvalue weighted by Gasteiger charge is 2.18. The van der Waals surface area contributed by atoms with E-state index in [9.17, 15) is 0 Å². The van der Waals surface area contributed by atoms with Crippen LogP contribution in [0.3, 0.4) is 0 Å². The van der Waals surface area contributed by atoms with Crippen molar-refractivity contribution in [1.29, 1.82) is 0 Å². The van der Waals surface area contributed by atoms with Crippen molar-refractivity contribution >= 4 is 0 Å². The van der Waals surface area contributed by atoms with Crippen LogP contribution in [-0.4, -0.2) is 0 Å². The first-order valence-corrected chi connectivity index (χ1v) is 7.98. The van der Waals surface area contributed by atoms with Gasteiger partial charge in [0.05, 0.1) is 0 Å². The quantitative estimate of drug-likeness (QED) is 0.378. The summed E-state index contributed by atoms with van der Waals surface area (Å²) in [5.74, 6) is 0.868. The van der Waals surface area contributed by atoms with E-state index < -0.39 is 0 Å². The molecule has 0 amide bonds. The highest BCUT2D eigenvalue weighted by atomic mass is 14.2. The largest absolute Gasteiger partial charge is 0.0654 e. The summed E-state index contributed by atoms with van der Waals surface area (Å²) in [5.41, 5.74) is 0.500. The highest BCUT2D eigenvalue weighted by molar-refractivity contribution is 4.69. The summed E-state index contributed by atoms with van der Waals surface area (Å²) < 4.78 is 0. The predicted molar refractivity (Wildman–Crippen MR) is 80.5 cm³/mol. The van der Waals surface area contributed by atoms with Crippen molar-refractivity contribution in [2.24, 2.45) is 11.3 Å². The lowest BCUT2D eigenvalue weighted by molar-refractivity contribution is 0.240. The number of hydrogen-bond donors (Lipinski definition) is 0. The molecule has 0 N–H and O–H groups in total. The molecule has 0 bridgehead atoms. The summed E-state index contributed by atoms with van der Waals surface area (Å²) in [5, 5.41) is 0. The second kappa shape index (κ2) is 9.97. The van der Waals surface area contributed by atoms with E-state index in [2.05, 4.69) is 34.6 Å². The van der Waals surface area contributed by atoms with Gasteiger partial charge in [-0.05, 0) is 11.3 Å². The number of unbranched alkanes of at least 4 members (excludes halogenated alkanes) is 8. The minimum Gasteiger partial charge on any atom is -0.0654 e. The Morgan fingerprint density at radius 2 is 1.12 bits per heavy atom. The normalized spacial score (nSPS) is 13.9. The Balaban J connectivity index is 3.19. The first-order chi connectivity index (χ1) is 7.98. The molecular weight excluding hydrogens is 204 g/mol. The third kappa shape index (κ3) is 10.9. The Morgan fingerprint density at radius 1 is 0.706 bits per heavy atom. The molecular formula is C17H36. The maximum atomic E-state index is 2.41. The second-order valence-corrected chi connectivity index (χ2v) is 6.88. The fourth-order valence-electron chi connectivity index (χ4n) is 2.19. The summed E-state index contributed by atoms with van der Waals surface area (Å²) in [6.45, 7) is 11.8. The fourth-order valence-corrected chi connectivity index (χ4v) is 2.19. The van der Waals surface area contributed by atoms with Crippen LogP contribution in [0.1, 0.15) is 98.8 Å². The van der Waals surface area contributed by atoms with Crippen molar-refractivity contribution in [2.45, 2.75) is 98.8 Å². The fraction of sp³-hybridized carbons (Fsp3) is 1.00. The van der Waals surface area contributed by atoms with E-state index in [0.29, 0.717) is 5.41 Å². The number of rotatable bonds is 10. The Kier molecular flexibility index (Phi) is 9.97. The van der Waals surface area contributed by atoms with Crippen LogP contribution in [0.25, 0.3) is 0 Å². The van der Waals surface area contributed by atoms with E-state index in [1.54, 1.807) is 0 Å². The number of hydrogen-bond acceptors (Lipinski definition) is 0. The van der Waals surface area contributed by atoms with Gasteiger partial charge < -0.3 is 0 Å². The lowest BCUT2D eigenvalue weighted by atomic mass is 9.79. The van der Waals surface area contributed by atoms with Crippen molar-refractivity contribution in [2.75, 3.05) is 0 Å². The Labute approximate surface area is 111 Å². The van der Waals surface area contributed by atoms with Gasteiger partial charge in [0.2, 0.25) is 0 Å². The average molecular weight is 240 g/mol. The van der Waals surface area contributed by atoms with Gasteiger partial charge in [0, 0.05) is 0 Å². The van der Waals surface area contributed by atoms with E-state index in [-0.39, 0.29) is 0 Å². The van der Waals surface area contributed by atoms with Gasteiger partial charge in [-0.2, -0.15) is 0 Å². The van der Waals surface area contributed by atoms with E-state index in [1.165, 1.54) is 64.2 Å². The van der Waals surface area contributed by atoms with E-state index in [4.69, 9.17) is 0 Å². The summed E-state index contributed by atoms with van der Waals surface area (Å²) in [6.07, 6.45) is 14.4. The molecule has 104 valence electrons. The molecule has 0 heteroatoms. The van der Waals surface area contributed by atoms with Crippen molar-refractivity contribution in [1.82, 2.24) is 0 Å². The summed E-state index contributed by atoms with van der Waals surface area (Å²) in [4.78, 5) is 0. The van der Waals surface area contributed by atoms with Gasteiger partial charge in [-0.25, -0.2) is 0 Å². The van der Waals surface area contributed by atoms with Gasteiger partial charge >= 0.3 is 0 Å². The zero-order valence-electron chi connectivity index (χ0n) is 13.1. The maximum absolute atomic E-state index is 2.41. The summed E-state index contributed by atoms with van der Waals surface area (Å²) >= 11 is 0. The molecule has 0 saturated heterocycles. The van der Waals surface area contributed by atoms with E-state index >= 15 is 0 Å². The topological polar surface area (TPSA) is 0 Å². The van der Waals surface area contributed by atoms with Crippen LogP contribution in [0, 0.1) is 11.3 Å². The molecule has 0 saturated carbocycles. The third-order valence-electron chi connectivity index (χ3n) is 4.22. The van der Waals surface area contributed by atoms with Crippen LogP contribution in [0.5, 0.6) is 0 Å². The molecule has 1 unspecified atom stereocenters. The van der Waals surface area contributed by atoms with Gasteiger partial charge in [-0.3, -0.25) is 0 Å². The van der Waals surface area contributed by atoms with Crippen molar-refractivity contribution in [3.63, 3.8) is 0 Å². The molecule has 0 spiro atoms. The molecule has 0 rings (SSSR count). The lowest BCUT2D eigenvalue weighted by Crippen LogP contribution is -2.16. The molecule has 0 aromatic rings. The summed E-state index contributed by atoms with van der Waals surface area (Å²) in [7, 11) is 0. The molecule has 0 aliphatic rings. The third-order valence-corrected chi connectivity index (χ3v) is 4.22.